The summed E-state index contributed by atoms with van der Waals surface area (Å²) in [5, 5.41) is 4.89. The summed E-state index contributed by atoms with van der Waals surface area (Å²) < 4.78 is 6.91. The fourth-order valence-electron chi connectivity index (χ4n) is 2.91. The highest BCUT2D eigenvalue weighted by Crippen LogP contribution is 2.24. The van der Waals surface area contributed by atoms with Gasteiger partial charge in [-0.2, -0.15) is 5.10 Å². The molecule has 2 aromatic heterocycles. The molecule has 3 rings (SSSR count). The van der Waals surface area contributed by atoms with Crippen LogP contribution in [-0.2, 0) is 9.53 Å². The molecule has 0 spiro atoms. The number of esters is 1. The molecular weight excluding hydrogens is 398 g/mol. The maximum atomic E-state index is 12.7. The summed E-state index contributed by atoms with van der Waals surface area (Å²) in [5.74, 6) is -1.71. The number of nitrogens with one attached hydrogen (secondary N) is 2. The predicted molar refractivity (Wildman–Crippen MR) is 114 cm³/mol. The van der Waals surface area contributed by atoms with Crippen molar-refractivity contribution in [2.24, 2.45) is 0 Å². The normalized spacial score (nSPS) is 11.0. The zero-order valence-corrected chi connectivity index (χ0v) is 17.9. The fraction of sp³-hybridized carbons (Fsp3) is 0.318. The van der Waals surface area contributed by atoms with E-state index in [0.717, 1.165) is 5.69 Å². The van der Waals surface area contributed by atoms with E-state index in [1.165, 1.54) is 0 Å². The molecule has 0 saturated heterocycles. The number of aromatic nitrogens is 3. The minimum absolute atomic E-state index is 0.0651. The Morgan fingerprint density at radius 3 is 2.42 bits per heavy atom. The third kappa shape index (κ3) is 5.06. The lowest BCUT2D eigenvalue weighted by atomic mass is 10.1. The second kappa shape index (κ2) is 9.38. The standard InChI is InChI=1S/C22H25N5O4/c1-13(2)18-10-16(17-11-23-27(14(3)4)20(17)24-18)22(30)31-12-19(28)25-26-21(29)15-8-6-5-7-9-15/h5-11,13-14H,12H2,1-4H3,(H,25,28)(H,26,29). The van der Waals surface area contributed by atoms with E-state index in [-0.39, 0.29) is 12.0 Å². The van der Waals surface area contributed by atoms with Crippen molar-refractivity contribution in [2.45, 2.75) is 39.7 Å². The Bertz CT molecular complexity index is 1110. The Balaban J connectivity index is 1.68. The molecule has 31 heavy (non-hydrogen) atoms. The van der Waals surface area contributed by atoms with Crippen LogP contribution in [0.25, 0.3) is 11.0 Å². The van der Waals surface area contributed by atoms with Crippen LogP contribution in [0.5, 0.6) is 0 Å². The van der Waals surface area contributed by atoms with Crippen LogP contribution in [0.1, 0.15) is 66.1 Å². The van der Waals surface area contributed by atoms with E-state index in [0.29, 0.717) is 22.2 Å². The van der Waals surface area contributed by atoms with Crippen molar-refractivity contribution < 1.29 is 19.1 Å². The second-order valence-corrected chi connectivity index (χ2v) is 7.61. The average molecular weight is 423 g/mol. The van der Waals surface area contributed by atoms with Crippen molar-refractivity contribution in [1.82, 2.24) is 25.6 Å². The van der Waals surface area contributed by atoms with Crippen molar-refractivity contribution in [3.63, 3.8) is 0 Å². The number of fused-ring (bicyclic) bond motifs is 1. The first-order chi connectivity index (χ1) is 14.8. The predicted octanol–water partition coefficient (Wildman–Crippen LogP) is 2.75. The molecular formula is C22H25N5O4. The zero-order chi connectivity index (χ0) is 22.5. The van der Waals surface area contributed by atoms with E-state index >= 15 is 0 Å². The lowest BCUT2D eigenvalue weighted by molar-refractivity contribution is -0.125. The number of ether oxygens (including phenoxy) is 1. The number of pyridine rings is 1. The summed E-state index contributed by atoms with van der Waals surface area (Å²) in [4.78, 5) is 41.3. The quantitative estimate of drug-likeness (QED) is 0.465. The van der Waals surface area contributed by atoms with Gasteiger partial charge in [-0.1, -0.05) is 32.0 Å². The molecule has 0 aliphatic rings. The smallest absolute Gasteiger partial charge is 0.339 e. The van der Waals surface area contributed by atoms with Gasteiger partial charge in [-0.05, 0) is 38.0 Å². The monoisotopic (exact) mass is 423 g/mol. The molecule has 2 heterocycles. The number of hydrogen-bond acceptors (Lipinski definition) is 6. The molecule has 0 unspecified atom stereocenters. The number of amides is 2. The molecule has 2 N–H and O–H groups in total. The summed E-state index contributed by atoms with van der Waals surface area (Å²) in [6.07, 6.45) is 1.57. The van der Waals surface area contributed by atoms with Crippen LogP contribution in [-0.4, -0.2) is 39.2 Å². The van der Waals surface area contributed by atoms with Crippen LogP contribution < -0.4 is 10.9 Å². The molecule has 0 atom stereocenters. The van der Waals surface area contributed by atoms with Crippen LogP contribution in [0.15, 0.2) is 42.6 Å². The van der Waals surface area contributed by atoms with Crippen LogP contribution in [0.3, 0.4) is 0 Å². The Morgan fingerprint density at radius 2 is 1.77 bits per heavy atom. The Morgan fingerprint density at radius 1 is 1.06 bits per heavy atom. The third-order valence-electron chi connectivity index (χ3n) is 4.57. The summed E-state index contributed by atoms with van der Waals surface area (Å²) in [6, 6.07) is 10.1. The highest BCUT2D eigenvalue weighted by Gasteiger charge is 2.20. The molecule has 0 aliphatic carbocycles. The number of carbonyl (C=O) groups is 3. The van der Waals surface area contributed by atoms with Crippen molar-refractivity contribution in [3.05, 3.63) is 59.4 Å². The molecule has 9 nitrogen and oxygen atoms in total. The molecule has 162 valence electrons. The molecule has 0 bridgehead atoms. The average Bonchev–Trinajstić information content (AvgIpc) is 3.20. The van der Waals surface area contributed by atoms with Crippen molar-refractivity contribution in [1.29, 1.82) is 0 Å². The number of rotatable bonds is 6. The van der Waals surface area contributed by atoms with Crippen LogP contribution in [0, 0.1) is 0 Å². The molecule has 3 aromatic rings. The first-order valence-corrected chi connectivity index (χ1v) is 9.97. The van der Waals surface area contributed by atoms with Gasteiger partial charge in [0, 0.05) is 17.3 Å². The molecule has 0 aliphatic heterocycles. The van der Waals surface area contributed by atoms with E-state index in [2.05, 4.69) is 20.9 Å². The van der Waals surface area contributed by atoms with E-state index in [1.807, 2.05) is 27.7 Å². The Kier molecular flexibility index (Phi) is 6.64. The highest BCUT2D eigenvalue weighted by atomic mass is 16.5. The van der Waals surface area contributed by atoms with E-state index in [1.54, 1.807) is 47.3 Å². The van der Waals surface area contributed by atoms with Crippen LogP contribution in [0.4, 0.5) is 0 Å². The summed E-state index contributed by atoms with van der Waals surface area (Å²) >= 11 is 0. The van der Waals surface area contributed by atoms with Gasteiger partial charge in [0.25, 0.3) is 11.8 Å². The zero-order valence-electron chi connectivity index (χ0n) is 17.9. The minimum Gasteiger partial charge on any atom is -0.452 e. The first-order valence-electron chi connectivity index (χ1n) is 9.97. The summed E-state index contributed by atoms with van der Waals surface area (Å²) in [7, 11) is 0. The van der Waals surface area contributed by atoms with Gasteiger partial charge in [0.15, 0.2) is 12.3 Å². The molecule has 0 saturated carbocycles. The number of hydrazine groups is 1. The van der Waals surface area contributed by atoms with Crippen molar-refractivity contribution in [3.8, 4) is 0 Å². The van der Waals surface area contributed by atoms with E-state index in [4.69, 9.17) is 4.74 Å². The maximum Gasteiger partial charge on any atom is 0.339 e. The van der Waals surface area contributed by atoms with Gasteiger partial charge in [-0.25, -0.2) is 14.5 Å². The van der Waals surface area contributed by atoms with Crippen LogP contribution >= 0.6 is 0 Å². The lowest BCUT2D eigenvalue weighted by Crippen LogP contribution is -2.43. The topological polar surface area (TPSA) is 115 Å². The van der Waals surface area contributed by atoms with Gasteiger partial charge in [-0.3, -0.25) is 20.4 Å². The van der Waals surface area contributed by atoms with Crippen molar-refractivity contribution in [2.75, 3.05) is 6.61 Å². The molecule has 9 heteroatoms. The van der Waals surface area contributed by atoms with Gasteiger partial charge in [-0.15, -0.1) is 0 Å². The Labute approximate surface area is 179 Å². The minimum atomic E-state index is -0.665. The van der Waals surface area contributed by atoms with Gasteiger partial charge >= 0.3 is 5.97 Å². The Hall–Kier alpha value is -3.75. The maximum absolute atomic E-state index is 12.7. The first kappa shape index (κ1) is 21.9. The van der Waals surface area contributed by atoms with E-state index < -0.39 is 24.4 Å². The van der Waals surface area contributed by atoms with Gasteiger partial charge in [0.05, 0.1) is 17.1 Å². The number of benzene rings is 1. The summed E-state index contributed by atoms with van der Waals surface area (Å²) in [6.45, 7) is 7.35. The van der Waals surface area contributed by atoms with Crippen molar-refractivity contribution >= 4 is 28.8 Å². The number of nitrogens with zero attached hydrogens (tertiary/aromatic N) is 3. The van der Waals surface area contributed by atoms with Gasteiger partial charge < -0.3 is 4.74 Å². The highest BCUT2D eigenvalue weighted by molar-refractivity contribution is 6.03. The fourth-order valence-corrected chi connectivity index (χ4v) is 2.91. The summed E-state index contributed by atoms with van der Waals surface area (Å²) in [5.41, 5.74) is 6.51. The molecule has 2 amide bonds. The number of hydrogen-bond donors (Lipinski definition) is 2. The molecule has 1 aromatic carbocycles. The van der Waals surface area contributed by atoms with Crippen LogP contribution in [0.2, 0.25) is 0 Å². The third-order valence-corrected chi connectivity index (χ3v) is 4.57. The van der Waals surface area contributed by atoms with Gasteiger partial charge in [0.1, 0.15) is 0 Å². The second-order valence-electron chi connectivity index (χ2n) is 7.61. The SMILES string of the molecule is CC(C)c1cc(C(=O)OCC(=O)NNC(=O)c2ccccc2)c2cnn(C(C)C)c2n1. The molecule has 0 fully saturated rings. The lowest BCUT2D eigenvalue weighted by Gasteiger charge is -2.12. The molecule has 0 radical (unpaired) electrons. The number of carbonyl (C=O) groups excluding carboxylic acids is 3. The van der Waals surface area contributed by atoms with Gasteiger partial charge in [0.2, 0.25) is 0 Å². The van der Waals surface area contributed by atoms with E-state index in [9.17, 15) is 14.4 Å². The largest absolute Gasteiger partial charge is 0.452 e.